The second-order valence-electron chi connectivity index (χ2n) is 17.1. The Bertz CT molecular complexity index is 2340. The van der Waals surface area contributed by atoms with Crippen molar-refractivity contribution in [1.82, 2.24) is 35.5 Å². The average Bonchev–Trinajstić information content (AvgIpc) is 3.92. The van der Waals surface area contributed by atoms with Gasteiger partial charge in [-0.25, -0.2) is 33.6 Å². The quantitative estimate of drug-likeness (QED) is 0.0215. The van der Waals surface area contributed by atoms with Gasteiger partial charge in [-0.05, 0) is 12.3 Å². The molecule has 16 N–H and O–H groups in total. The van der Waals surface area contributed by atoms with Crippen molar-refractivity contribution in [1.29, 1.82) is 0 Å². The minimum Gasteiger partial charge on any atom is -0.392 e. The summed E-state index contributed by atoms with van der Waals surface area (Å²) in [4.78, 5) is 106. The lowest BCUT2D eigenvalue weighted by molar-refractivity contribution is -0.137. The molecule has 2 fully saturated rings. The highest BCUT2D eigenvalue weighted by atomic mass is 32.2. The number of nitrogens with one attached hydrogen (secondary N) is 3. The molecule has 3 amide bonds. The third kappa shape index (κ3) is 16.1. The van der Waals surface area contributed by atoms with E-state index in [1.807, 2.05) is 13.8 Å². The Kier molecular flexibility index (Phi) is 20.8. The number of aliphatic hydroxyl groups is 3. The molecule has 3 heterocycles. The van der Waals surface area contributed by atoms with Gasteiger partial charge < -0.3 is 72.8 Å². The van der Waals surface area contributed by atoms with Crippen molar-refractivity contribution in [2.24, 2.45) is 39.6 Å². The smallest absolute Gasteiger partial charge is 0.392 e. The molecule has 70 heavy (non-hydrogen) atoms. The van der Waals surface area contributed by atoms with Gasteiger partial charge in [-0.2, -0.15) is 4.31 Å². The van der Waals surface area contributed by atoms with Crippen LogP contribution >= 0.6 is 35.2 Å². The number of hydrogen-bond acceptors (Lipinski definition) is 21. The maximum Gasteiger partial charge on any atom is 0.481 e. The number of amides is 3. The number of nitrogens with two attached hydrogens (primary N) is 3. The van der Waals surface area contributed by atoms with E-state index in [1.54, 1.807) is 0 Å². The van der Waals surface area contributed by atoms with Crippen LogP contribution in [0.3, 0.4) is 0 Å². The van der Waals surface area contributed by atoms with Gasteiger partial charge in [0.25, 0.3) is 0 Å². The molecular formula is C36H62N11O19P3S. The van der Waals surface area contributed by atoms with Crippen LogP contribution in [0.15, 0.2) is 17.6 Å². The Hall–Kier alpha value is -3.74. The predicted octanol–water partition coefficient (Wildman–Crippen LogP) is -1.76. The minimum atomic E-state index is -5.62. The number of hydrogen-bond donors (Lipinski definition) is 13. The van der Waals surface area contributed by atoms with Crippen molar-refractivity contribution in [3.05, 3.63) is 12.7 Å². The van der Waals surface area contributed by atoms with E-state index in [0.717, 1.165) is 29.0 Å². The molecule has 1 aliphatic carbocycles. The number of anilines is 1. The number of ether oxygens (including phenoxy) is 1. The van der Waals surface area contributed by atoms with Gasteiger partial charge in [-0.1, -0.05) is 52.3 Å². The highest BCUT2D eigenvalue weighted by Gasteiger charge is 2.52. The number of phosphoric ester groups is 3. The summed E-state index contributed by atoms with van der Waals surface area (Å²) < 4.78 is 62.5. The Labute approximate surface area is 405 Å². The van der Waals surface area contributed by atoms with E-state index >= 15 is 0 Å². The van der Waals surface area contributed by atoms with E-state index in [1.165, 1.54) is 20.8 Å². The molecule has 2 aromatic heterocycles. The number of nitrogen functional groups attached to an aromatic ring is 1. The second-order valence-corrected chi connectivity index (χ2v) is 22.4. The number of aliphatic imine (C=N–C) groups is 1. The van der Waals surface area contributed by atoms with Crippen LogP contribution < -0.4 is 33.2 Å². The average molecular weight is 1080 g/mol. The highest BCUT2D eigenvalue weighted by molar-refractivity contribution is 8.13. The summed E-state index contributed by atoms with van der Waals surface area (Å²) >= 11 is 0.881. The van der Waals surface area contributed by atoms with E-state index < -0.39 is 115 Å². The zero-order valence-electron chi connectivity index (χ0n) is 38.6. The zero-order valence-corrected chi connectivity index (χ0v) is 42.1. The molecule has 0 aromatic carbocycles. The number of aromatic nitrogens is 4. The van der Waals surface area contributed by atoms with Gasteiger partial charge >= 0.3 is 23.5 Å². The molecule has 0 spiro atoms. The number of imidazole rings is 1. The van der Waals surface area contributed by atoms with Crippen LogP contribution in [0.5, 0.6) is 0 Å². The van der Waals surface area contributed by atoms with Crippen LogP contribution in [0.2, 0.25) is 0 Å². The topological polar surface area (TPSA) is 477 Å². The van der Waals surface area contributed by atoms with Crippen LogP contribution in [-0.4, -0.2) is 158 Å². The Morgan fingerprint density at radius 3 is 2.27 bits per heavy atom. The molecule has 1 saturated carbocycles. The number of fused-ring (bicyclic) bond motifs is 1. The summed E-state index contributed by atoms with van der Waals surface area (Å²) in [5.41, 5.74) is 15.5. The first-order valence-corrected chi connectivity index (χ1v) is 27.1. The lowest BCUT2D eigenvalue weighted by Crippen LogP contribution is -2.50. The zero-order chi connectivity index (χ0) is 52.5. The monoisotopic (exact) mass is 1080 g/mol. The van der Waals surface area contributed by atoms with Gasteiger partial charge in [-0.15, -0.1) is 0 Å². The lowest BCUT2D eigenvalue weighted by atomic mass is 9.80. The third-order valence-electron chi connectivity index (χ3n) is 11.5. The summed E-state index contributed by atoms with van der Waals surface area (Å²) in [7, 11) is -16.5. The summed E-state index contributed by atoms with van der Waals surface area (Å²) in [5.74, 6) is -3.55. The van der Waals surface area contributed by atoms with Gasteiger partial charge in [0.15, 0.2) is 28.8 Å². The van der Waals surface area contributed by atoms with E-state index in [4.69, 9.17) is 31.0 Å². The summed E-state index contributed by atoms with van der Waals surface area (Å²) in [6, 6.07) is -1.14. The summed E-state index contributed by atoms with van der Waals surface area (Å²) in [6.45, 7) is 5.38. The molecule has 4 rings (SSSR count). The van der Waals surface area contributed by atoms with E-state index in [9.17, 15) is 67.8 Å². The molecule has 0 radical (unpaired) electrons. The van der Waals surface area contributed by atoms with Crippen LogP contribution in [-0.2, 0) is 55.5 Å². The number of carbonyl (C=O) groups excluding carboxylic acids is 4. The highest BCUT2D eigenvalue weighted by Crippen LogP contribution is 2.61. The minimum absolute atomic E-state index is 0.0145. The van der Waals surface area contributed by atoms with Gasteiger partial charge in [0.05, 0.1) is 37.6 Å². The van der Waals surface area contributed by atoms with Crippen molar-refractivity contribution in [3.8, 4) is 0 Å². The number of rotatable bonds is 26. The number of guanidine groups is 1. The molecule has 0 bridgehead atoms. The predicted molar refractivity (Wildman–Crippen MR) is 246 cm³/mol. The van der Waals surface area contributed by atoms with Gasteiger partial charge in [0.2, 0.25) is 17.7 Å². The van der Waals surface area contributed by atoms with Crippen molar-refractivity contribution >= 4 is 81.0 Å². The first kappa shape index (κ1) is 58.8. The number of carbonyl (C=O) groups is 4. The SMILES string of the molecule is CCC(CC)C(NC(C)=O)C1C(N=C(N)N)CC(C(=O)SCCNC(=O)CCNC(=O)C(O)C(C)(C)COP(=O)(O)OP(=O)(O)OCC2OC(n3cnc4c(N)ncnc43)C(O)C2OP(=O)(O)O)C1O. The first-order valence-electron chi connectivity index (χ1n) is 21.6. The van der Waals surface area contributed by atoms with Gasteiger partial charge in [-0.3, -0.25) is 37.3 Å². The molecule has 30 nitrogen and oxygen atoms in total. The van der Waals surface area contributed by atoms with Crippen molar-refractivity contribution in [2.45, 2.75) is 109 Å². The Morgan fingerprint density at radius 2 is 1.66 bits per heavy atom. The molecule has 34 heteroatoms. The van der Waals surface area contributed by atoms with E-state index in [0.29, 0.717) is 12.8 Å². The van der Waals surface area contributed by atoms with Crippen LogP contribution in [0.1, 0.15) is 66.5 Å². The van der Waals surface area contributed by atoms with Crippen LogP contribution in [0, 0.1) is 23.2 Å². The maximum absolute atomic E-state index is 13.3. The fourth-order valence-corrected chi connectivity index (χ4v) is 11.7. The lowest BCUT2D eigenvalue weighted by Gasteiger charge is -2.35. The molecule has 2 aromatic rings. The standard InChI is InChI=1S/C36H62N11O19P3S/c1-6-18(7-2)24(45-17(3)48)23-20(46-35(38)39)12-19(26(23)50)34(54)70-11-10-40-22(49)8-9-41-32(53)29(52)36(4,5)14-63-69(60,61)66-68(58,59)62-13-21-28(65-67(55,56)57)27(51)33(64-21)47-16-44-25-30(37)42-15-43-31(25)47/h15-16,18-21,23-24,26-29,33,50-52H,6-14H2,1-5H3,(H,40,49)(H,41,53)(H,45,48)(H,58,59)(H,60,61)(H2,37,42,43)(H4,38,39,46)(H2,55,56,57). The summed E-state index contributed by atoms with van der Waals surface area (Å²) in [5, 5.41) is 40.5. The first-order chi connectivity index (χ1) is 32.5. The summed E-state index contributed by atoms with van der Waals surface area (Å²) in [6.07, 6.45) is -6.86. The molecule has 396 valence electrons. The second kappa shape index (κ2) is 24.8. The fourth-order valence-electron chi connectivity index (χ4n) is 8.02. The normalized spacial score (nSPS) is 25.4. The van der Waals surface area contributed by atoms with Gasteiger partial charge in [0.1, 0.15) is 36.3 Å². The fraction of sp³-hybridized carbons (Fsp3) is 0.722. The number of phosphoric acid groups is 3. The number of thioether (sulfide) groups is 1. The third-order valence-corrected chi connectivity index (χ3v) is 15.5. The number of nitrogens with zero attached hydrogens (tertiary/aromatic N) is 5. The van der Waals surface area contributed by atoms with Crippen LogP contribution in [0.4, 0.5) is 5.82 Å². The van der Waals surface area contributed by atoms with Crippen LogP contribution in [0.25, 0.3) is 11.2 Å². The van der Waals surface area contributed by atoms with Crippen molar-refractivity contribution < 1.29 is 90.4 Å². The largest absolute Gasteiger partial charge is 0.481 e. The molecule has 12 atom stereocenters. The molecule has 12 unspecified atom stereocenters. The molecule has 1 aliphatic heterocycles. The molecule has 2 aliphatic rings. The van der Waals surface area contributed by atoms with Gasteiger partial charge in [0, 0.05) is 49.6 Å². The Morgan fingerprint density at radius 1 is 1.00 bits per heavy atom. The van der Waals surface area contributed by atoms with Crippen molar-refractivity contribution in [3.63, 3.8) is 0 Å². The molecular weight excluding hydrogens is 1020 g/mol. The van der Waals surface area contributed by atoms with Crippen molar-refractivity contribution in [2.75, 3.05) is 37.8 Å². The molecule has 1 saturated heterocycles. The van der Waals surface area contributed by atoms with E-state index in [2.05, 4.69) is 44.7 Å². The Balaban J connectivity index is 1.21. The number of aliphatic hydroxyl groups excluding tert-OH is 3. The maximum atomic E-state index is 13.3. The van der Waals surface area contributed by atoms with E-state index in [-0.39, 0.29) is 71.6 Å².